The molecule has 0 bridgehead atoms. The minimum absolute atomic E-state index is 0.108. The number of hydrogen-bond acceptors (Lipinski definition) is 4. The van der Waals surface area contributed by atoms with E-state index in [4.69, 9.17) is 9.47 Å². The van der Waals surface area contributed by atoms with Crippen LogP contribution in [0.5, 0.6) is 11.5 Å². The molecule has 1 fully saturated rings. The molecule has 98 valence electrons. The Morgan fingerprint density at radius 1 is 1.28 bits per heavy atom. The number of methoxy groups -OCH3 is 2. The molecular formula is C13H17NO4. The van der Waals surface area contributed by atoms with Gasteiger partial charge in [-0.15, -0.1) is 0 Å². The van der Waals surface area contributed by atoms with Crippen LogP contribution in [0.25, 0.3) is 0 Å². The number of amides is 1. The fraction of sp³-hybridized carbons (Fsp3) is 0.462. The van der Waals surface area contributed by atoms with Crippen molar-refractivity contribution >= 4 is 5.91 Å². The summed E-state index contributed by atoms with van der Waals surface area (Å²) in [6.45, 7) is 0.970. The summed E-state index contributed by atoms with van der Waals surface area (Å²) in [6, 6.07) is 5.07. The number of rotatable bonds is 3. The standard InChI is InChI=1S/C13H17NO4/c1-17-11-5-9(6-12(7-11)18-2)13(16)14-4-3-10(15)8-14/h5-7,10,15H,3-4,8H2,1-2H3/t10-/m0/s1. The van der Waals surface area contributed by atoms with Gasteiger partial charge < -0.3 is 19.5 Å². The molecule has 5 heteroatoms. The first-order valence-corrected chi connectivity index (χ1v) is 5.84. The van der Waals surface area contributed by atoms with Crippen LogP contribution in [-0.4, -0.2) is 49.3 Å². The van der Waals surface area contributed by atoms with Crippen molar-refractivity contribution in [2.24, 2.45) is 0 Å². The topological polar surface area (TPSA) is 59.0 Å². The quantitative estimate of drug-likeness (QED) is 0.867. The fourth-order valence-electron chi connectivity index (χ4n) is 2.04. The van der Waals surface area contributed by atoms with Crippen LogP contribution in [-0.2, 0) is 0 Å². The van der Waals surface area contributed by atoms with Crippen LogP contribution in [0.4, 0.5) is 0 Å². The maximum atomic E-state index is 12.2. The van der Waals surface area contributed by atoms with Crippen molar-refractivity contribution in [1.82, 2.24) is 4.90 Å². The van der Waals surface area contributed by atoms with Crippen LogP contribution in [0, 0.1) is 0 Å². The molecule has 1 saturated heterocycles. The molecule has 5 nitrogen and oxygen atoms in total. The molecular weight excluding hydrogens is 234 g/mol. The summed E-state index contributed by atoms with van der Waals surface area (Å²) in [4.78, 5) is 13.9. The summed E-state index contributed by atoms with van der Waals surface area (Å²) in [7, 11) is 3.09. The normalized spacial score (nSPS) is 18.8. The first kappa shape index (κ1) is 12.7. The summed E-state index contributed by atoms with van der Waals surface area (Å²) in [6.07, 6.45) is 0.216. The minimum atomic E-state index is -0.415. The Kier molecular flexibility index (Phi) is 3.72. The maximum Gasteiger partial charge on any atom is 0.254 e. The number of carbonyl (C=O) groups is 1. The van der Waals surface area contributed by atoms with Gasteiger partial charge in [-0.2, -0.15) is 0 Å². The number of nitrogens with zero attached hydrogens (tertiary/aromatic N) is 1. The molecule has 1 heterocycles. The Labute approximate surface area is 106 Å². The predicted molar refractivity (Wildman–Crippen MR) is 66.1 cm³/mol. The third-order valence-corrected chi connectivity index (χ3v) is 3.05. The fourth-order valence-corrected chi connectivity index (χ4v) is 2.04. The van der Waals surface area contributed by atoms with Crippen molar-refractivity contribution < 1.29 is 19.4 Å². The number of likely N-dealkylation sites (tertiary alicyclic amines) is 1. The average Bonchev–Trinajstić information content (AvgIpc) is 2.83. The summed E-state index contributed by atoms with van der Waals surface area (Å²) >= 11 is 0. The predicted octanol–water partition coefficient (Wildman–Crippen LogP) is 0.911. The zero-order valence-electron chi connectivity index (χ0n) is 10.5. The van der Waals surface area contributed by atoms with E-state index in [2.05, 4.69) is 0 Å². The smallest absolute Gasteiger partial charge is 0.254 e. The second-order valence-electron chi connectivity index (χ2n) is 4.30. The second-order valence-corrected chi connectivity index (χ2v) is 4.30. The summed E-state index contributed by atoms with van der Waals surface area (Å²) < 4.78 is 10.3. The SMILES string of the molecule is COc1cc(OC)cc(C(=O)N2CC[C@H](O)C2)c1. The van der Waals surface area contributed by atoms with Crippen LogP contribution >= 0.6 is 0 Å². The van der Waals surface area contributed by atoms with Gasteiger partial charge in [-0.1, -0.05) is 0 Å². The molecule has 1 aromatic carbocycles. The average molecular weight is 251 g/mol. The van der Waals surface area contributed by atoms with Gasteiger partial charge in [-0.05, 0) is 18.6 Å². The molecule has 1 amide bonds. The second kappa shape index (κ2) is 5.27. The zero-order valence-corrected chi connectivity index (χ0v) is 10.5. The molecule has 0 radical (unpaired) electrons. The highest BCUT2D eigenvalue weighted by atomic mass is 16.5. The number of benzene rings is 1. The van der Waals surface area contributed by atoms with E-state index in [9.17, 15) is 9.90 Å². The maximum absolute atomic E-state index is 12.2. The van der Waals surface area contributed by atoms with Gasteiger partial charge in [0, 0.05) is 24.7 Å². The van der Waals surface area contributed by atoms with E-state index < -0.39 is 6.10 Å². The molecule has 18 heavy (non-hydrogen) atoms. The van der Waals surface area contributed by atoms with Gasteiger partial charge in [0.05, 0.1) is 20.3 Å². The highest BCUT2D eigenvalue weighted by molar-refractivity contribution is 5.95. The minimum Gasteiger partial charge on any atom is -0.497 e. The molecule has 1 aliphatic heterocycles. The van der Waals surface area contributed by atoms with Crippen molar-refractivity contribution in [3.05, 3.63) is 23.8 Å². The van der Waals surface area contributed by atoms with E-state index >= 15 is 0 Å². The molecule has 1 N–H and O–H groups in total. The molecule has 0 aliphatic carbocycles. The third kappa shape index (κ3) is 2.56. The van der Waals surface area contributed by atoms with Crippen molar-refractivity contribution in [3.8, 4) is 11.5 Å². The molecule has 0 aromatic heterocycles. The van der Waals surface area contributed by atoms with Crippen molar-refractivity contribution in [1.29, 1.82) is 0 Å². The van der Waals surface area contributed by atoms with Crippen molar-refractivity contribution in [2.45, 2.75) is 12.5 Å². The van der Waals surface area contributed by atoms with Crippen LogP contribution in [0.15, 0.2) is 18.2 Å². The summed E-state index contributed by atoms with van der Waals surface area (Å²) in [5.41, 5.74) is 0.514. The third-order valence-electron chi connectivity index (χ3n) is 3.05. The molecule has 0 unspecified atom stereocenters. The summed E-state index contributed by atoms with van der Waals surface area (Å²) in [5.74, 6) is 1.05. The van der Waals surface area contributed by atoms with Gasteiger partial charge in [-0.25, -0.2) is 0 Å². The molecule has 1 aromatic rings. The Bertz CT molecular complexity index is 424. The monoisotopic (exact) mass is 251 g/mol. The summed E-state index contributed by atoms with van der Waals surface area (Å²) in [5, 5.41) is 9.45. The molecule has 1 atom stereocenters. The van der Waals surface area contributed by atoms with Crippen molar-refractivity contribution in [3.63, 3.8) is 0 Å². The Morgan fingerprint density at radius 3 is 2.33 bits per heavy atom. The Hall–Kier alpha value is -1.75. The van der Waals surface area contributed by atoms with Crippen LogP contribution < -0.4 is 9.47 Å². The highest BCUT2D eigenvalue weighted by Gasteiger charge is 2.25. The molecule has 0 spiro atoms. The number of ether oxygens (including phenoxy) is 2. The van der Waals surface area contributed by atoms with Crippen molar-refractivity contribution in [2.75, 3.05) is 27.3 Å². The molecule has 1 aliphatic rings. The van der Waals surface area contributed by atoms with E-state index in [1.165, 1.54) is 0 Å². The lowest BCUT2D eigenvalue weighted by atomic mass is 10.1. The van der Waals surface area contributed by atoms with E-state index in [1.807, 2.05) is 0 Å². The number of aliphatic hydroxyl groups excluding tert-OH is 1. The number of carbonyl (C=O) groups excluding carboxylic acids is 1. The van der Waals surface area contributed by atoms with Gasteiger partial charge in [0.25, 0.3) is 5.91 Å². The van der Waals surface area contributed by atoms with Gasteiger partial charge in [-0.3, -0.25) is 4.79 Å². The molecule has 0 saturated carbocycles. The van der Waals surface area contributed by atoms with Gasteiger partial charge in [0.1, 0.15) is 11.5 Å². The van der Waals surface area contributed by atoms with E-state index in [0.29, 0.717) is 36.6 Å². The number of aliphatic hydroxyl groups is 1. The van der Waals surface area contributed by atoms with Crippen LogP contribution in [0.1, 0.15) is 16.8 Å². The lowest BCUT2D eigenvalue weighted by Gasteiger charge is -2.16. The number of β-amino-alcohol motifs (C(OH)–C–C–N with tert-alkyl or cyclic N) is 1. The van der Waals surface area contributed by atoms with Gasteiger partial charge in [0.2, 0.25) is 0 Å². The number of hydrogen-bond donors (Lipinski definition) is 1. The van der Waals surface area contributed by atoms with Crippen LogP contribution in [0.2, 0.25) is 0 Å². The highest BCUT2D eigenvalue weighted by Crippen LogP contribution is 2.24. The Balaban J connectivity index is 2.24. The van der Waals surface area contributed by atoms with E-state index in [0.717, 1.165) is 0 Å². The first-order chi connectivity index (χ1) is 8.63. The first-order valence-electron chi connectivity index (χ1n) is 5.84. The zero-order chi connectivity index (χ0) is 13.1. The van der Waals surface area contributed by atoms with E-state index in [-0.39, 0.29) is 5.91 Å². The Morgan fingerprint density at radius 2 is 1.89 bits per heavy atom. The molecule has 2 rings (SSSR count). The lowest BCUT2D eigenvalue weighted by Crippen LogP contribution is -2.29. The largest absolute Gasteiger partial charge is 0.497 e. The van der Waals surface area contributed by atoms with Gasteiger partial charge >= 0.3 is 0 Å². The van der Waals surface area contributed by atoms with Gasteiger partial charge in [0.15, 0.2) is 0 Å². The van der Waals surface area contributed by atoms with E-state index in [1.54, 1.807) is 37.3 Å². The van der Waals surface area contributed by atoms with Crippen LogP contribution in [0.3, 0.4) is 0 Å². The lowest BCUT2D eigenvalue weighted by molar-refractivity contribution is 0.0764.